The molecule has 122 valence electrons. The average Bonchev–Trinajstić information content (AvgIpc) is 3.16. The maximum atomic E-state index is 12.1. The quantitative estimate of drug-likeness (QED) is 0.911. The first-order valence-corrected chi connectivity index (χ1v) is 7.41. The predicted molar refractivity (Wildman–Crippen MR) is 80.6 cm³/mol. The number of aromatic nitrogens is 2. The van der Waals surface area contributed by atoms with Crippen LogP contribution in [0, 0.1) is 0 Å². The highest BCUT2D eigenvalue weighted by molar-refractivity contribution is 5.66. The summed E-state index contributed by atoms with van der Waals surface area (Å²) in [5.41, 5.74) is 6.59. The van der Waals surface area contributed by atoms with Gasteiger partial charge in [0.05, 0.1) is 5.54 Å². The second kappa shape index (κ2) is 6.45. The van der Waals surface area contributed by atoms with Crippen molar-refractivity contribution in [1.29, 1.82) is 0 Å². The third-order valence-corrected chi connectivity index (χ3v) is 3.91. The van der Waals surface area contributed by atoms with E-state index in [1.807, 2.05) is 0 Å². The van der Waals surface area contributed by atoms with E-state index in [-0.39, 0.29) is 5.75 Å². The number of hydrogen-bond donors (Lipinski definition) is 1. The highest BCUT2D eigenvalue weighted by Gasteiger charge is 2.35. The number of nitrogens with zero attached hydrogens (tertiary/aromatic N) is 2. The van der Waals surface area contributed by atoms with Crippen LogP contribution in [0.2, 0.25) is 0 Å². The fourth-order valence-corrected chi connectivity index (χ4v) is 2.66. The molecule has 1 aliphatic carbocycles. The minimum atomic E-state index is -2.83. The zero-order chi connectivity index (χ0) is 16.3. The van der Waals surface area contributed by atoms with Crippen LogP contribution < -0.4 is 10.5 Å². The molecule has 0 unspecified atom stereocenters. The van der Waals surface area contributed by atoms with Gasteiger partial charge in [-0.05, 0) is 36.6 Å². The lowest BCUT2D eigenvalue weighted by Gasteiger charge is -2.17. The van der Waals surface area contributed by atoms with E-state index in [4.69, 9.17) is 10.3 Å². The number of benzene rings is 1. The standard InChI is InChI=1S/C16H17F2N3O2/c17-15(18)22-12-6-3-11(4-7-12)5-8-13-20-14(21-23-13)16(19)9-1-2-10-16/h3-8,15H,1-2,9-10,19H2/b8-5+. The molecule has 0 atom stereocenters. The van der Waals surface area contributed by atoms with Gasteiger partial charge in [-0.15, -0.1) is 0 Å². The Hall–Kier alpha value is -2.28. The monoisotopic (exact) mass is 321 g/mol. The molecular formula is C16H17F2N3O2. The van der Waals surface area contributed by atoms with Gasteiger partial charge in [-0.2, -0.15) is 13.8 Å². The second-order valence-corrected chi connectivity index (χ2v) is 5.60. The van der Waals surface area contributed by atoms with Crippen LogP contribution in [0.4, 0.5) is 8.78 Å². The molecule has 1 aromatic carbocycles. The fourth-order valence-electron chi connectivity index (χ4n) is 2.66. The molecule has 2 N–H and O–H groups in total. The number of nitrogens with two attached hydrogens (primary N) is 1. The topological polar surface area (TPSA) is 74.2 Å². The van der Waals surface area contributed by atoms with Crippen molar-refractivity contribution in [3.8, 4) is 5.75 Å². The molecule has 2 aromatic rings. The van der Waals surface area contributed by atoms with Crippen LogP contribution >= 0.6 is 0 Å². The van der Waals surface area contributed by atoms with E-state index >= 15 is 0 Å². The lowest BCUT2D eigenvalue weighted by molar-refractivity contribution is -0.0498. The van der Waals surface area contributed by atoms with Crippen molar-refractivity contribution in [2.24, 2.45) is 5.73 Å². The molecule has 0 radical (unpaired) electrons. The molecule has 0 amide bonds. The summed E-state index contributed by atoms with van der Waals surface area (Å²) in [4.78, 5) is 4.32. The van der Waals surface area contributed by atoms with Gasteiger partial charge in [0.25, 0.3) is 5.89 Å². The normalized spacial score (nSPS) is 17.2. The highest BCUT2D eigenvalue weighted by atomic mass is 19.3. The van der Waals surface area contributed by atoms with Crippen LogP contribution in [0.25, 0.3) is 12.2 Å². The molecule has 3 rings (SSSR count). The molecule has 7 heteroatoms. The Labute approximate surface area is 132 Å². The van der Waals surface area contributed by atoms with E-state index in [9.17, 15) is 8.78 Å². The Morgan fingerprint density at radius 3 is 2.52 bits per heavy atom. The summed E-state index contributed by atoms with van der Waals surface area (Å²) in [7, 11) is 0. The summed E-state index contributed by atoms with van der Waals surface area (Å²) in [5, 5.41) is 3.96. The molecule has 0 spiro atoms. The molecule has 1 fully saturated rings. The summed E-state index contributed by atoms with van der Waals surface area (Å²) in [5.74, 6) is 1.02. The van der Waals surface area contributed by atoms with Crippen molar-refractivity contribution in [1.82, 2.24) is 10.1 Å². The van der Waals surface area contributed by atoms with Crippen molar-refractivity contribution < 1.29 is 18.0 Å². The van der Waals surface area contributed by atoms with Gasteiger partial charge in [0.1, 0.15) is 5.75 Å². The largest absolute Gasteiger partial charge is 0.435 e. The van der Waals surface area contributed by atoms with Crippen molar-refractivity contribution in [3.05, 3.63) is 41.5 Å². The first-order valence-electron chi connectivity index (χ1n) is 7.41. The number of hydrogen-bond acceptors (Lipinski definition) is 5. The summed E-state index contributed by atoms with van der Waals surface area (Å²) in [6, 6.07) is 6.26. The third kappa shape index (κ3) is 3.73. The Morgan fingerprint density at radius 2 is 1.87 bits per heavy atom. The summed E-state index contributed by atoms with van der Waals surface area (Å²) >= 11 is 0. The van der Waals surface area contributed by atoms with Crippen LogP contribution in [0.1, 0.15) is 43.0 Å². The van der Waals surface area contributed by atoms with Crippen LogP contribution in [-0.4, -0.2) is 16.8 Å². The number of ether oxygens (including phenoxy) is 1. The zero-order valence-corrected chi connectivity index (χ0v) is 12.4. The lowest BCUT2D eigenvalue weighted by Crippen LogP contribution is -2.34. The van der Waals surface area contributed by atoms with Gasteiger partial charge in [0.15, 0.2) is 5.82 Å². The zero-order valence-electron chi connectivity index (χ0n) is 12.4. The molecule has 5 nitrogen and oxygen atoms in total. The summed E-state index contributed by atoms with van der Waals surface area (Å²) in [6.45, 7) is -2.83. The van der Waals surface area contributed by atoms with E-state index < -0.39 is 12.2 Å². The molecule has 1 saturated carbocycles. The van der Waals surface area contributed by atoms with Crippen LogP contribution in [-0.2, 0) is 5.54 Å². The Morgan fingerprint density at radius 1 is 1.17 bits per heavy atom. The minimum Gasteiger partial charge on any atom is -0.435 e. The molecule has 23 heavy (non-hydrogen) atoms. The van der Waals surface area contributed by atoms with Gasteiger partial charge in [-0.25, -0.2) is 0 Å². The van der Waals surface area contributed by atoms with Crippen LogP contribution in [0.15, 0.2) is 28.8 Å². The van der Waals surface area contributed by atoms with Crippen molar-refractivity contribution in [2.75, 3.05) is 0 Å². The highest BCUT2D eigenvalue weighted by Crippen LogP contribution is 2.34. The van der Waals surface area contributed by atoms with E-state index in [0.29, 0.717) is 11.7 Å². The average molecular weight is 321 g/mol. The van der Waals surface area contributed by atoms with Crippen molar-refractivity contribution in [3.63, 3.8) is 0 Å². The van der Waals surface area contributed by atoms with E-state index in [0.717, 1.165) is 31.2 Å². The molecular weight excluding hydrogens is 304 g/mol. The molecule has 1 aliphatic rings. The Kier molecular flexibility index (Phi) is 4.38. The number of alkyl halides is 2. The van der Waals surface area contributed by atoms with Crippen molar-refractivity contribution in [2.45, 2.75) is 37.8 Å². The van der Waals surface area contributed by atoms with Gasteiger partial charge >= 0.3 is 6.61 Å². The van der Waals surface area contributed by atoms with Gasteiger partial charge < -0.3 is 15.0 Å². The van der Waals surface area contributed by atoms with E-state index in [1.165, 1.54) is 12.1 Å². The molecule has 0 aliphatic heterocycles. The first-order chi connectivity index (χ1) is 11.0. The summed E-state index contributed by atoms with van der Waals surface area (Å²) < 4.78 is 33.6. The molecule has 0 saturated heterocycles. The summed E-state index contributed by atoms with van der Waals surface area (Å²) in [6.07, 6.45) is 7.29. The second-order valence-electron chi connectivity index (χ2n) is 5.60. The van der Waals surface area contributed by atoms with Gasteiger partial charge in [0, 0.05) is 6.08 Å². The minimum absolute atomic E-state index is 0.114. The molecule has 1 heterocycles. The maximum absolute atomic E-state index is 12.1. The number of halogens is 2. The Balaban J connectivity index is 1.67. The SMILES string of the molecule is NC1(c2noc(/C=C/c3ccc(OC(F)F)cc3)n2)CCCC1. The Bertz CT molecular complexity index is 677. The van der Waals surface area contributed by atoms with E-state index in [2.05, 4.69) is 14.9 Å². The predicted octanol–water partition coefficient (Wildman–Crippen LogP) is 3.57. The maximum Gasteiger partial charge on any atom is 0.387 e. The lowest BCUT2D eigenvalue weighted by atomic mass is 9.99. The third-order valence-electron chi connectivity index (χ3n) is 3.91. The van der Waals surface area contributed by atoms with Gasteiger partial charge in [-0.3, -0.25) is 0 Å². The molecule has 1 aromatic heterocycles. The van der Waals surface area contributed by atoms with Crippen LogP contribution in [0.5, 0.6) is 5.75 Å². The van der Waals surface area contributed by atoms with Crippen LogP contribution in [0.3, 0.4) is 0 Å². The molecule has 0 bridgehead atoms. The van der Waals surface area contributed by atoms with E-state index in [1.54, 1.807) is 24.3 Å². The van der Waals surface area contributed by atoms with Crippen molar-refractivity contribution >= 4 is 12.2 Å². The smallest absolute Gasteiger partial charge is 0.387 e. The fraction of sp³-hybridized carbons (Fsp3) is 0.375. The van der Waals surface area contributed by atoms with Gasteiger partial charge in [0.2, 0.25) is 0 Å². The number of rotatable bonds is 5. The first kappa shape index (κ1) is 15.6. The van der Waals surface area contributed by atoms with Gasteiger partial charge in [-0.1, -0.05) is 30.1 Å².